The van der Waals surface area contributed by atoms with E-state index >= 15 is 0 Å². The number of nitrogens with one attached hydrogen (secondary N) is 1. The fourth-order valence-corrected chi connectivity index (χ4v) is 4.02. The van der Waals surface area contributed by atoms with Gasteiger partial charge in [0, 0.05) is 6.54 Å². The van der Waals surface area contributed by atoms with Crippen LogP contribution in [-0.4, -0.2) is 25.7 Å². The number of carbonyl (C=O) groups excluding carboxylic acids is 1. The molecule has 0 saturated heterocycles. The second kappa shape index (κ2) is 6.99. The molecular formula is C23H22N2O2. The van der Waals surface area contributed by atoms with Gasteiger partial charge in [-0.05, 0) is 27.8 Å². The third kappa shape index (κ3) is 2.74. The van der Waals surface area contributed by atoms with Gasteiger partial charge < -0.3 is 10.5 Å². The molecule has 136 valence electrons. The number of carbonyl (C=O) groups is 1. The lowest BCUT2D eigenvalue weighted by Gasteiger charge is -2.35. The Balaban J connectivity index is 1.90. The highest BCUT2D eigenvalue weighted by atomic mass is 16.5. The molecule has 0 aliphatic heterocycles. The van der Waals surface area contributed by atoms with Crippen LogP contribution in [-0.2, 0) is 15.1 Å². The van der Waals surface area contributed by atoms with Gasteiger partial charge in [-0.3, -0.25) is 10.1 Å². The van der Waals surface area contributed by atoms with Gasteiger partial charge in [-0.25, -0.2) is 0 Å². The minimum atomic E-state index is -0.740. The molecule has 0 amide bonds. The maximum absolute atomic E-state index is 11.9. The number of hydrogen-bond acceptors (Lipinski definition) is 4. The van der Waals surface area contributed by atoms with Crippen molar-refractivity contribution < 1.29 is 9.53 Å². The highest BCUT2D eigenvalue weighted by Crippen LogP contribution is 2.50. The summed E-state index contributed by atoms with van der Waals surface area (Å²) < 4.78 is 4.80. The average Bonchev–Trinajstić information content (AvgIpc) is 3.03. The van der Waals surface area contributed by atoms with Crippen LogP contribution >= 0.6 is 0 Å². The van der Waals surface area contributed by atoms with Crippen molar-refractivity contribution >= 4 is 5.97 Å². The normalized spacial score (nSPS) is 14.9. The van der Waals surface area contributed by atoms with E-state index in [4.69, 9.17) is 10.5 Å². The summed E-state index contributed by atoms with van der Waals surface area (Å²) in [5.74, 6) is -0.426. The number of rotatable bonds is 5. The number of benzene rings is 3. The lowest BCUT2D eigenvalue weighted by atomic mass is 9.80. The molecule has 1 aliphatic rings. The topological polar surface area (TPSA) is 64.3 Å². The molecule has 0 bridgehead atoms. The van der Waals surface area contributed by atoms with Gasteiger partial charge in [-0.1, -0.05) is 78.9 Å². The molecule has 3 aromatic carbocycles. The first-order valence-electron chi connectivity index (χ1n) is 9.02. The first kappa shape index (κ1) is 17.5. The Labute approximate surface area is 159 Å². The minimum absolute atomic E-state index is 0.296. The highest BCUT2D eigenvalue weighted by molar-refractivity contribution is 5.83. The molecule has 1 atom stereocenters. The smallest absolute Gasteiger partial charge is 0.323 e. The van der Waals surface area contributed by atoms with E-state index in [-0.39, 0.29) is 0 Å². The number of fused-ring (bicyclic) bond motifs is 3. The molecule has 0 saturated carbocycles. The van der Waals surface area contributed by atoms with Crippen LogP contribution in [0.3, 0.4) is 0 Å². The van der Waals surface area contributed by atoms with Crippen LogP contribution in [0.5, 0.6) is 0 Å². The van der Waals surface area contributed by atoms with Crippen molar-refractivity contribution in [1.82, 2.24) is 5.32 Å². The van der Waals surface area contributed by atoms with E-state index < -0.39 is 17.6 Å². The van der Waals surface area contributed by atoms with E-state index in [9.17, 15) is 4.79 Å². The molecule has 1 unspecified atom stereocenters. The zero-order valence-electron chi connectivity index (χ0n) is 15.2. The molecule has 3 N–H and O–H groups in total. The summed E-state index contributed by atoms with van der Waals surface area (Å²) in [4.78, 5) is 11.9. The lowest BCUT2D eigenvalue weighted by molar-refractivity contribution is -0.142. The van der Waals surface area contributed by atoms with Gasteiger partial charge in [0.1, 0.15) is 6.04 Å². The summed E-state index contributed by atoms with van der Waals surface area (Å²) >= 11 is 0. The molecule has 0 spiro atoms. The molecule has 4 nitrogen and oxygen atoms in total. The van der Waals surface area contributed by atoms with Crippen molar-refractivity contribution in [3.8, 4) is 11.1 Å². The van der Waals surface area contributed by atoms with Crippen molar-refractivity contribution in [2.24, 2.45) is 5.73 Å². The number of nitrogens with two attached hydrogens (primary N) is 1. The molecule has 0 aromatic heterocycles. The molecule has 0 heterocycles. The molecule has 0 radical (unpaired) electrons. The van der Waals surface area contributed by atoms with Crippen molar-refractivity contribution in [3.05, 3.63) is 95.6 Å². The standard InChI is InChI=1S/C23H22N2O2/c1-27-22(26)21(24)15-25-23(16-9-3-2-4-10-16)19-13-7-5-11-17(19)18-12-6-8-14-20(18)23/h2-14,21,25H,15,24H2,1H3. The van der Waals surface area contributed by atoms with Crippen LogP contribution in [0.1, 0.15) is 16.7 Å². The molecule has 3 aromatic rings. The molecule has 1 aliphatic carbocycles. The SMILES string of the molecule is COC(=O)C(N)CNC1(c2ccccc2)c2ccccc2-c2ccccc21. The van der Waals surface area contributed by atoms with Gasteiger partial charge in [-0.15, -0.1) is 0 Å². The van der Waals surface area contributed by atoms with Gasteiger partial charge in [0.2, 0.25) is 0 Å². The summed E-state index contributed by atoms with van der Waals surface area (Å²) in [6, 6.07) is 26.3. The van der Waals surface area contributed by atoms with Gasteiger partial charge in [0.05, 0.1) is 12.6 Å². The van der Waals surface area contributed by atoms with Crippen molar-refractivity contribution in [2.75, 3.05) is 13.7 Å². The van der Waals surface area contributed by atoms with E-state index in [2.05, 4.69) is 53.8 Å². The Kier molecular flexibility index (Phi) is 4.52. The molecule has 4 heteroatoms. The summed E-state index contributed by atoms with van der Waals surface area (Å²) in [7, 11) is 1.36. The molecule has 0 fully saturated rings. The quantitative estimate of drug-likeness (QED) is 0.688. The zero-order valence-corrected chi connectivity index (χ0v) is 15.2. The Morgan fingerprint density at radius 3 is 2.00 bits per heavy atom. The maximum atomic E-state index is 11.9. The summed E-state index contributed by atoms with van der Waals surface area (Å²) in [6.07, 6.45) is 0. The largest absolute Gasteiger partial charge is 0.468 e. The van der Waals surface area contributed by atoms with Crippen LogP contribution in [0, 0.1) is 0 Å². The van der Waals surface area contributed by atoms with E-state index in [1.165, 1.54) is 18.2 Å². The van der Waals surface area contributed by atoms with Gasteiger partial charge >= 0.3 is 5.97 Å². The van der Waals surface area contributed by atoms with Crippen LogP contribution < -0.4 is 11.1 Å². The van der Waals surface area contributed by atoms with Gasteiger partial charge in [0.25, 0.3) is 0 Å². The summed E-state index contributed by atoms with van der Waals surface area (Å²) in [6.45, 7) is 0.296. The number of methoxy groups -OCH3 is 1. The van der Waals surface area contributed by atoms with Gasteiger partial charge in [-0.2, -0.15) is 0 Å². The van der Waals surface area contributed by atoms with E-state index in [0.29, 0.717) is 6.54 Å². The van der Waals surface area contributed by atoms with Crippen molar-refractivity contribution in [3.63, 3.8) is 0 Å². The third-order valence-corrected chi connectivity index (χ3v) is 5.25. The fraction of sp³-hybridized carbons (Fsp3) is 0.174. The average molecular weight is 358 g/mol. The van der Waals surface area contributed by atoms with E-state index in [1.54, 1.807) is 0 Å². The second-order valence-corrected chi connectivity index (χ2v) is 6.72. The maximum Gasteiger partial charge on any atom is 0.323 e. The highest BCUT2D eigenvalue weighted by Gasteiger charge is 2.44. The van der Waals surface area contributed by atoms with Crippen LogP contribution in [0.4, 0.5) is 0 Å². The molecule has 4 rings (SSSR count). The van der Waals surface area contributed by atoms with E-state index in [0.717, 1.165) is 16.7 Å². The minimum Gasteiger partial charge on any atom is -0.468 e. The first-order valence-corrected chi connectivity index (χ1v) is 9.02. The Morgan fingerprint density at radius 1 is 0.926 bits per heavy atom. The van der Waals surface area contributed by atoms with Crippen LogP contribution in [0.15, 0.2) is 78.9 Å². The number of hydrogen-bond donors (Lipinski definition) is 2. The zero-order chi connectivity index (χ0) is 18.9. The number of ether oxygens (including phenoxy) is 1. The van der Waals surface area contributed by atoms with Crippen LogP contribution in [0.2, 0.25) is 0 Å². The number of esters is 1. The third-order valence-electron chi connectivity index (χ3n) is 5.25. The van der Waals surface area contributed by atoms with Gasteiger partial charge in [0.15, 0.2) is 0 Å². The molecule has 27 heavy (non-hydrogen) atoms. The van der Waals surface area contributed by atoms with E-state index in [1.807, 2.05) is 30.3 Å². The predicted octanol–water partition coefficient (Wildman–Crippen LogP) is 3.05. The van der Waals surface area contributed by atoms with Crippen molar-refractivity contribution in [2.45, 2.75) is 11.6 Å². The summed E-state index contributed by atoms with van der Waals surface area (Å²) in [5, 5.41) is 3.61. The molecular weight excluding hydrogens is 336 g/mol. The Bertz CT molecular complexity index is 923. The second-order valence-electron chi connectivity index (χ2n) is 6.72. The Morgan fingerprint density at radius 2 is 1.44 bits per heavy atom. The van der Waals surface area contributed by atoms with Crippen LogP contribution in [0.25, 0.3) is 11.1 Å². The monoisotopic (exact) mass is 358 g/mol. The fourth-order valence-electron chi connectivity index (χ4n) is 4.02. The predicted molar refractivity (Wildman–Crippen MR) is 106 cm³/mol. The van der Waals surface area contributed by atoms with Crippen molar-refractivity contribution in [1.29, 1.82) is 0 Å². The summed E-state index contributed by atoms with van der Waals surface area (Å²) in [5.41, 5.74) is 11.3. The first-order chi connectivity index (χ1) is 13.2. The lowest BCUT2D eigenvalue weighted by Crippen LogP contribution is -2.50. The Hall–Kier alpha value is -2.95.